The summed E-state index contributed by atoms with van der Waals surface area (Å²) in [5, 5.41) is 9.35. The maximum Gasteiger partial charge on any atom is 0.295 e. The number of aromatic nitrogens is 2. The number of benzene rings is 3. The van der Waals surface area contributed by atoms with Crippen LogP contribution in [0, 0.1) is 23.3 Å². The lowest BCUT2D eigenvalue weighted by atomic mass is 10.2. The van der Waals surface area contributed by atoms with E-state index >= 15 is 0 Å². The molecule has 5 rings (SSSR count). The zero-order chi connectivity index (χ0) is 40.8. The number of hydrazone groups is 1. The Morgan fingerprint density at radius 3 is 2.33 bits per heavy atom. The van der Waals surface area contributed by atoms with Crippen molar-refractivity contribution in [1.29, 1.82) is 0 Å². The van der Waals surface area contributed by atoms with Crippen molar-refractivity contribution in [2.24, 2.45) is 5.10 Å². The van der Waals surface area contributed by atoms with E-state index in [0.29, 0.717) is 36.0 Å². The number of nitrogens with zero attached hydrogens (tertiary/aromatic N) is 3. The van der Waals surface area contributed by atoms with Crippen LogP contribution in [0.1, 0.15) is 39.3 Å². The van der Waals surface area contributed by atoms with Crippen molar-refractivity contribution >= 4 is 51.8 Å². The molecule has 4 N–H and O–H groups in total. The predicted octanol–water partition coefficient (Wildman–Crippen LogP) is 6.59. The Labute approximate surface area is 329 Å². The molecule has 5 aromatic rings. The van der Waals surface area contributed by atoms with Gasteiger partial charge in [0.1, 0.15) is 22.2 Å². The van der Waals surface area contributed by atoms with Gasteiger partial charge in [-0.25, -0.2) is 27.5 Å². The number of rotatable bonds is 18. The van der Waals surface area contributed by atoms with E-state index in [2.05, 4.69) is 31.1 Å². The molecule has 0 radical (unpaired) electrons. The average molecular weight is 823 g/mol. The van der Waals surface area contributed by atoms with Crippen LogP contribution in [0.2, 0.25) is 0 Å². The van der Waals surface area contributed by atoms with E-state index < -0.39 is 50.1 Å². The lowest BCUT2D eigenvalue weighted by Gasteiger charge is -2.11. The van der Waals surface area contributed by atoms with Crippen molar-refractivity contribution in [3.05, 3.63) is 149 Å². The van der Waals surface area contributed by atoms with Crippen LogP contribution in [0.3, 0.4) is 0 Å². The SMILES string of the molecule is O=C(/C=C/c1nc(CSc2c(F)c(F)cc(F)c2F)ccc1OCCc1ccccc1)NCCCNC(=O)c1ccc(N/N=C/c2ccccc2S(=O)(=O)O)nc1. The van der Waals surface area contributed by atoms with E-state index in [1.807, 2.05) is 30.3 Å². The fourth-order valence-electron chi connectivity index (χ4n) is 4.98. The summed E-state index contributed by atoms with van der Waals surface area (Å²) in [6, 6.07) is 21.6. The van der Waals surface area contributed by atoms with Crippen LogP contribution in [-0.2, 0) is 27.1 Å². The van der Waals surface area contributed by atoms with Gasteiger partial charge in [-0.1, -0.05) is 48.5 Å². The Bertz CT molecular complexity index is 2340. The van der Waals surface area contributed by atoms with E-state index in [1.54, 1.807) is 12.1 Å². The monoisotopic (exact) mass is 822 g/mol. The van der Waals surface area contributed by atoms with E-state index in [0.717, 1.165) is 5.56 Å². The van der Waals surface area contributed by atoms with Crippen molar-refractivity contribution in [1.82, 2.24) is 20.6 Å². The number of carbonyl (C=O) groups is 2. The maximum atomic E-state index is 14.2. The van der Waals surface area contributed by atoms with E-state index in [9.17, 15) is 40.1 Å². The summed E-state index contributed by atoms with van der Waals surface area (Å²) in [6.45, 7) is 0.702. The zero-order valence-corrected chi connectivity index (χ0v) is 31.4. The second-order valence-corrected chi connectivity index (χ2v) is 14.3. The minimum Gasteiger partial charge on any atom is -0.491 e. The van der Waals surface area contributed by atoms with Gasteiger partial charge in [0.2, 0.25) is 5.91 Å². The zero-order valence-electron chi connectivity index (χ0n) is 29.8. The minimum absolute atomic E-state index is 0.137. The normalized spacial score (nSPS) is 11.5. The summed E-state index contributed by atoms with van der Waals surface area (Å²) < 4.78 is 94.2. The molecule has 0 unspecified atom stereocenters. The van der Waals surface area contributed by atoms with Crippen molar-refractivity contribution < 1.29 is 44.9 Å². The number of ether oxygens (including phenoxy) is 1. The fraction of sp³-hybridized carbons (Fsp3) is 0.154. The van der Waals surface area contributed by atoms with E-state index in [1.165, 1.54) is 61.0 Å². The molecule has 2 amide bonds. The fourth-order valence-corrected chi connectivity index (χ4v) is 6.55. The van der Waals surface area contributed by atoms with Crippen LogP contribution in [-0.4, -0.2) is 60.7 Å². The van der Waals surface area contributed by atoms with Crippen LogP contribution in [0.4, 0.5) is 23.4 Å². The molecular formula is C39H34F4N6O6S2. The van der Waals surface area contributed by atoms with Crippen molar-refractivity contribution in [3.63, 3.8) is 0 Å². The molecule has 0 saturated carbocycles. The molecule has 296 valence electrons. The molecule has 0 atom stereocenters. The molecule has 12 nitrogen and oxygen atoms in total. The molecule has 57 heavy (non-hydrogen) atoms. The van der Waals surface area contributed by atoms with Gasteiger partial charge in [0.25, 0.3) is 16.0 Å². The average Bonchev–Trinajstić information content (AvgIpc) is 3.20. The summed E-state index contributed by atoms with van der Waals surface area (Å²) in [4.78, 5) is 32.7. The van der Waals surface area contributed by atoms with Gasteiger partial charge in [-0.2, -0.15) is 13.5 Å². The van der Waals surface area contributed by atoms with Gasteiger partial charge in [-0.15, -0.1) is 11.8 Å². The largest absolute Gasteiger partial charge is 0.491 e. The van der Waals surface area contributed by atoms with Gasteiger partial charge in [-0.3, -0.25) is 19.6 Å². The van der Waals surface area contributed by atoms with Crippen LogP contribution in [0.25, 0.3) is 6.08 Å². The van der Waals surface area contributed by atoms with Crippen LogP contribution < -0.4 is 20.8 Å². The number of pyridine rings is 2. The molecule has 0 aliphatic rings. The number of nitrogens with one attached hydrogen (secondary N) is 3. The van der Waals surface area contributed by atoms with Gasteiger partial charge < -0.3 is 15.4 Å². The molecule has 3 aromatic carbocycles. The molecule has 0 spiro atoms. The number of halogens is 4. The first-order chi connectivity index (χ1) is 27.4. The highest BCUT2D eigenvalue weighted by Gasteiger charge is 2.20. The maximum absolute atomic E-state index is 14.2. The van der Waals surface area contributed by atoms with Crippen LogP contribution in [0.5, 0.6) is 5.75 Å². The van der Waals surface area contributed by atoms with Gasteiger partial charge in [0.15, 0.2) is 23.3 Å². The first-order valence-corrected chi connectivity index (χ1v) is 19.5. The molecule has 0 aliphatic heterocycles. The quantitative estimate of drug-likeness (QED) is 0.0111. The molecule has 0 saturated heterocycles. The van der Waals surface area contributed by atoms with Gasteiger partial charge in [-0.05, 0) is 48.4 Å². The Hall–Kier alpha value is -6.11. The highest BCUT2D eigenvalue weighted by Crippen LogP contribution is 2.32. The van der Waals surface area contributed by atoms with E-state index in [-0.39, 0.29) is 59.0 Å². The third-order valence-electron chi connectivity index (χ3n) is 7.81. The minimum atomic E-state index is -4.44. The third kappa shape index (κ3) is 12.4. The van der Waals surface area contributed by atoms with Crippen molar-refractivity contribution in [3.8, 4) is 5.75 Å². The predicted molar refractivity (Wildman–Crippen MR) is 206 cm³/mol. The molecule has 0 bridgehead atoms. The molecule has 18 heteroatoms. The number of hydrogen-bond donors (Lipinski definition) is 4. The van der Waals surface area contributed by atoms with Crippen LogP contribution in [0.15, 0.2) is 112 Å². The molecule has 0 aliphatic carbocycles. The summed E-state index contributed by atoms with van der Waals surface area (Å²) in [7, 11) is -4.44. The summed E-state index contributed by atoms with van der Waals surface area (Å²) >= 11 is 0.529. The first kappa shape index (κ1) is 42.0. The van der Waals surface area contributed by atoms with Crippen LogP contribution >= 0.6 is 11.8 Å². The van der Waals surface area contributed by atoms with Gasteiger partial charge in [0.05, 0.1) is 29.0 Å². The number of anilines is 1. The second kappa shape index (κ2) is 20.2. The Balaban J connectivity index is 1.11. The Morgan fingerprint density at radius 1 is 0.895 bits per heavy atom. The Morgan fingerprint density at radius 2 is 1.61 bits per heavy atom. The summed E-state index contributed by atoms with van der Waals surface area (Å²) in [6.07, 6.45) is 6.10. The molecule has 2 aromatic heterocycles. The lowest BCUT2D eigenvalue weighted by Crippen LogP contribution is -2.29. The molecular weight excluding hydrogens is 789 g/mol. The van der Waals surface area contributed by atoms with Gasteiger partial charge in [0, 0.05) is 49.2 Å². The van der Waals surface area contributed by atoms with Crippen molar-refractivity contribution in [2.75, 3.05) is 25.1 Å². The number of amides is 2. The molecule has 2 heterocycles. The Kier molecular flexibility index (Phi) is 14.9. The number of hydrogen-bond acceptors (Lipinski definition) is 10. The van der Waals surface area contributed by atoms with E-state index in [4.69, 9.17) is 4.74 Å². The van der Waals surface area contributed by atoms with Crippen molar-refractivity contribution in [2.45, 2.75) is 28.4 Å². The second-order valence-electron chi connectivity index (χ2n) is 11.9. The number of thioether (sulfide) groups is 1. The first-order valence-electron chi connectivity index (χ1n) is 17.1. The van der Waals surface area contributed by atoms with Gasteiger partial charge >= 0.3 is 0 Å². The highest BCUT2D eigenvalue weighted by molar-refractivity contribution is 7.98. The molecule has 0 fully saturated rings. The highest BCUT2D eigenvalue weighted by atomic mass is 32.2. The summed E-state index contributed by atoms with van der Waals surface area (Å²) in [5.41, 5.74) is 4.58. The lowest BCUT2D eigenvalue weighted by molar-refractivity contribution is -0.116. The number of carbonyl (C=O) groups excluding carboxylic acids is 2. The summed E-state index contributed by atoms with van der Waals surface area (Å²) in [5.74, 6) is -6.50. The smallest absolute Gasteiger partial charge is 0.295 e. The third-order valence-corrected chi connectivity index (χ3v) is 9.82. The standard InChI is InChI=1S/C39H34F4N6O6S2/c40-29-21-30(41)37(43)38(36(29)42)56-24-28-12-14-32(55-20-17-25-7-2-1-3-8-25)31(48-28)13-16-35(50)44-18-6-19-45-39(51)27-11-15-34(46-22-27)49-47-23-26-9-4-5-10-33(26)57(52,53)54/h1-5,7-16,21-23H,6,17-20,24H2,(H,44,50)(H,45,51)(H,46,49)(H,52,53,54)/b16-13+,47-23+. The topological polar surface area (TPSA) is 172 Å².